The molecule has 0 saturated carbocycles. The van der Waals surface area contributed by atoms with Gasteiger partial charge in [0, 0.05) is 0 Å². The van der Waals surface area contributed by atoms with Gasteiger partial charge in [0.2, 0.25) is 0 Å². The molecule has 2 nitrogen and oxygen atoms in total. The SMILES string of the molecule is Cl.NCCCCCOc1ccccc1F. The van der Waals surface area contributed by atoms with Crippen molar-refractivity contribution in [3.63, 3.8) is 0 Å². The Balaban J connectivity index is 0.00000196. The maximum absolute atomic E-state index is 13.0. The topological polar surface area (TPSA) is 35.2 Å². The highest BCUT2D eigenvalue weighted by Gasteiger charge is 1.99. The van der Waals surface area contributed by atoms with Crippen LogP contribution in [0.3, 0.4) is 0 Å². The highest BCUT2D eigenvalue weighted by atomic mass is 35.5. The van der Waals surface area contributed by atoms with Gasteiger partial charge in [0.25, 0.3) is 0 Å². The van der Waals surface area contributed by atoms with Crippen molar-refractivity contribution in [2.24, 2.45) is 5.73 Å². The van der Waals surface area contributed by atoms with Gasteiger partial charge >= 0.3 is 0 Å². The quantitative estimate of drug-likeness (QED) is 0.767. The summed E-state index contributed by atoms with van der Waals surface area (Å²) in [5.74, 6) is 0.0339. The molecule has 0 aliphatic carbocycles. The second-order valence-electron chi connectivity index (χ2n) is 3.13. The zero-order valence-electron chi connectivity index (χ0n) is 8.62. The predicted octanol–water partition coefficient (Wildman–Crippen LogP) is 2.76. The third-order valence-electron chi connectivity index (χ3n) is 1.94. The molecule has 0 heterocycles. The standard InChI is InChI=1S/C11H16FNO.ClH/c12-10-6-2-3-7-11(10)14-9-5-1-4-8-13;/h2-3,6-7H,1,4-5,8-9,13H2;1H. The van der Waals surface area contributed by atoms with Crippen LogP contribution >= 0.6 is 12.4 Å². The van der Waals surface area contributed by atoms with Gasteiger partial charge in [-0.05, 0) is 37.9 Å². The van der Waals surface area contributed by atoms with Gasteiger partial charge in [-0.2, -0.15) is 0 Å². The molecule has 0 aliphatic heterocycles. The van der Waals surface area contributed by atoms with E-state index in [-0.39, 0.29) is 18.2 Å². The Bertz CT molecular complexity index is 271. The zero-order chi connectivity index (χ0) is 10.2. The van der Waals surface area contributed by atoms with E-state index >= 15 is 0 Å². The number of ether oxygens (including phenoxy) is 1. The van der Waals surface area contributed by atoms with Crippen LogP contribution in [0.15, 0.2) is 24.3 Å². The van der Waals surface area contributed by atoms with E-state index in [0.717, 1.165) is 19.3 Å². The molecule has 0 amide bonds. The molecule has 0 aliphatic rings. The number of rotatable bonds is 6. The molecule has 0 unspecified atom stereocenters. The molecule has 0 saturated heterocycles. The zero-order valence-corrected chi connectivity index (χ0v) is 9.43. The molecule has 15 heavy (non-hydrogen) atoms. The molecule has 0 spiro atoms. The molecule has 1 aromatic rings. The lowest BCUT2D eigenvalue weighted by Gasteiger charge is -2.06. The van der Waals surface area contributed by atoms with Crippen LogP contribution in [0.2, 0.25) is 0 Å². The molecule has 2 N–H and O–H groups in total. The Morgan fingerprint density at radius 1 is 1.13 bits per heavy atom. The number of benzene rings is 1. The predicted molar refractivity (Wildman–Crippen MR) is 62.0 cm³/mol. The summed E-state index contributed by atoms with van der Waals surface area (Å²) in [4.78, 5) is 0. The first kappa shape index (κ1) is 14.2. The summed E-state index contributed by atoms with van der Waals surface area (Å²) in [5.41, 5.74) is 5.35. The molecule has 86 valence electrons. The van der Waals surface area contributed by atoms with Crippen LogP contribution in [0.1, 0.15) is 19.3 Å². The van der Waals surface area contributed by atoms with E-state index in [9.17, 15) is 4.39 Å². The Hall–Kier alpha value is -0.800. The minimum absolute atomic E-state index is 0. The van der Waals surface area contributed by atoms with Crippen LogP contribution < -0.4 is 10.5 Å². The van der Waals surface area contributed by atoms with Gasteiger partial charge in [0.05, 0.1) is 6.61 Å². The number of hydrogen-bond acceptors (Lipinski definition) is 2. The molecule has 1 aromatic carbocycles. The van der Waals surface area contributed by atoms with E-state index in [1.54, 1.807) is 18.2 Å². The minimum Gasteiger partial charge on any atom is -0.491 e. The highest BCUT2D eigenvalue weighted by molar-refractivity contribution is 5.85. The first-order chi connectivity index (χ1) is 6.84. The number of nitrogens with two attached hydrogens (primary N) is 1. The van der Waals surface area contributed by atoms with Gasteiger partial charge in [0.1, 0.15) is 0 Å². The molecule has 1 rings (SSSR count). The van der Waals surface area contributed by atoms with Crippen molar-refractivity contribution in [3.8, 4) is 5.75 Å². The van der Waals surface area contributed by atoms with Crippen LogP contribution in [0, 0.1) is 5.82 Å². The number of unbranched alkanes of at least 4 members (excludes halogenated alkanes) is 2. The molecule has 0 aromatic heterocycles. The monoisotopic (exact) mass is 233 g/mol. The fourth-order valence-corrected chi connectivity index (χ4v) is 1.17. The third kappa shape index (κ3) is 5.60. The number of hydrogen-bond donors (Lipinski definition) is 1. The van der Waals surface area contributed by atoms with Gasteiger partial charge in [-0.15, -0.1) is 12.4 Å². The van der Waals surface area contributed by atoms with E-state index in [0.29, 0.717) is 18.9 Å². The van der Waals surface area contributed by atoms with Gasteiger partial charge in [-0.25, -0.2) is 4.39 Å². The van der Waals surface area contributed by atoms with Crippen LogP contribution in [0.25, 0.3) is 0 Å². The largest absolute Gasteiger partial charge is 0.491 e. The van der Waals surface area contributed by atoms with Crippen LogP contribution in [0.5, 0.6) is 5.75 Å². The van der Waals surface area contributed by atoms with Crippen molar-refractivity contribution in [1.29, 1.82) is 0 Å². The number of halogens is 2. The Labute approximate surface area is 96.0 Å². The van der Waals surface area contributed by atoms with E-state index in [1.807, 2.05) is 0 Å². The molecular formula is C11H17ClFNO. The van der Waals surface area contributed by atoms with Crippen molar-refractivity contribution in [2.45, 2.75) is 19.3 Å². The van der Waals surface area contributed by atoms with E-state index in [4.69, 9.17) is 10.5 Å². The van der Waals surface area contributed by atoms with Gasteiger partial charge < -0.3 is 10.5 Å². The molecule has 0 fully saturated rings. The first-order valence-electron chi connectivity index (χ1n) is 4.92. The summed E-state index contributed by atoms with van der Waals surface area (Å²) >= 11 is 0. The maximum atomic E-state index is 13.0. The Morgan fingerprint density at radius 2 is 1.87 bits per heavy atom. The van der Waals surface area contributed by atoms with E-state index in [1.165, 1.54) is 6.07 Å². The summed E-state index contributed by atoms with van der Waals surface area (Å²) in [7, 11) is 0. The maximum Gasteiger partial charge on any atom is 0.165 e. The van der Waals surface area contributed by atoms with Crippen LogP contribution in [-0.4, -0.2) is 13.2 Å². The second-order valence-corrected chi connectivity index (χ2v) is 3.13. The summed E-state index contributed by atoms with van der Waals surface area (Å²) in [6.45, 7) is 1.26. The second kappa shape index (κ2) is 8.50. The molecule has 0 radical (unpaired) electrons. The van der Waals surface area contributed by atoms with Crippen molar-refractivity contribution < 1.29 is 9.13 Å². The lowest BCUT2D eigenvalue weighted by molar-refractivity contribution is 0.291. The van der Waals surface area contributed by atoms with E-state index < -0.39 is 0 Å². The Kier molecular flexibility index (Phi) is 8.05. The average molecular weight is 234 g/mol. The lowest BCUT2D eigenvalue weighted by Crippen LogP contribution is -2.02. The molecule has 0 atom stereocenters. The van der Waals surface area contributed by atoms with Gasteiger partial charge in [0.15, 0.2) is 11.6 Å². The van der Waals surface area contributed by atoms with Crippen molar-refractivity contribution >= 4 is 12.4 Å². The molecular weight excluding hydrogens is 217 g/mol. The minimum atomic E-state index is -0.300. The van der Waals surface area contributed by atoms with Gasteiger partial charge in [-0.3, -0.25) is 0 Å². The van der Waals surface area contributed by atoms with Gasteiger partial charge in [-0.1, -0.05) is 12.1 Å². The average Bonchev–Trinajstić information content (AvgIpc) is 2.20. The Morgan fingerprint density at radius 3 is 2.53 bits per heavy atom. The van der Waals surface area contributed by atoms with E-state index in [2.05, 4.69) is 0 Å². The summed E-state index contributed by atoms with van der Waals surface area (Å²) in [5, 5.41) is 0. The van der Waals surface area contributed by atoms with Crippen LogP contribution in [-0.2, 0) is 0 Å². The number of para-hydroxylation sites is 1. The first-order valence-corrected chi connectivity index (χ1v) is 4.92. The summed E-state index contributed by atoms with van der Waals surface area (Å²) < 4.78 is 18.3. The van der Waals surface area contributed by atoms with Crippen molar-refractivity contribution in [1.82, 2.24) is 0 Å². The normalized spacial score (nSPS) is 9.47. The molecule has 4 heteroatoms. The fraction of sp³-hybridized carbons (Fsp3) is 0.455. The van der Waals surface area contributed by atoms with Crippen LogP contribution in [0.4, 0.5) is 4.39 Å². The summed E-state index contributed by atoms with van der Waals surface area (Å²) in [6, 6.07) is 6.45. The smallest absolute Gasteiger partial charge is 0.165 e. The van der Waals surface area contributed by atoms with Crippen molar-refractivity contribution in [3.05, 3.63) is 30.1 Å². The fourth-order valence-electron chi connectivity index (χ4n) is 1.17. The molecule has 0 bridgehead atoms. The lowest BCUT2D eigenvalue weighted by atomic mass is 10.2. The highest BCUT2D eigenvalue weighted by Crippen LogP contribution is 2.15. The third-order valence-corrected chi connectivity index (χ3v) is 1.94. The summed E-state index contributed by atoms with van der Waals surface area (Å²) in [6.07, 6.45) is 2.96. The van der Waals surface area contributed by atoms with Crippen molar-refractivity contribution in [2.75, 3.05) is 13.2 Å².